The van der Waals surface area contributed by atoms with Crippen LogP contribution in [-0.2, 0) is 6.54 Å². The number of hydrogen-bond acceptors (Lipinski definition) is 2. The van der Waals surface area contributed by atoms with E-state index >= 15 is 0 Å². The molecule has 1 fully saturated rings. The van der Waals surface area contributed by atoms with Crippen LogP contribution in [0.15, 0.2) is 48.5 Å². The average Bonchev–Trinajstić information content (AvgIpc) is 2.58. The highest BCUT2D eigenvalue weighted by Crippen LogP contribution is 2.22. The Morgan fingerprint density at radius 1 is 0.720 bits per heavy atom. The van der Waals surface area contributed by atoms with Gasteiger partial charge in [0.05, 0.1) is 0 Å². The second-order valence-corrected chi connectivity index (χ2v) is 6.82. The number of benzene rings is 2. The van der Waals surface area contributed by atoms with E-state index in [2.05, 4.69) is 46.2 Å². The van der Waals surface area contributed by atoms with Gasteiger partial charge in [0, 0.05) is 50.2 Å². The molecule has 0 saturated carbocycles. The second-order valence-electron chi connectivity index (χ2n) is 6.01. The highest BCUT2D eigenvalue weighted by Gasteiger charge is 2.16. The summed E-state index contributed by atoms with van der Waals surface area (Å²) in [4.78, 5) is 4.95. The molecule has 0 spiro atoms. The molecular weight excluding hydrogens is 398 g/mol. The normalized spacial score (nSPS) is 15.3. The largest absolute Gasteiger partial charge is 0.300 e. The topological polar surface area (TPSA) is 6.48 Å². The smallest absolute Gasteiger partial charge is 0.0406 e. The third kappa shape index (κ3) is 6.63. The minimum Gasteiger partial charge on any atom is -0.300 e. The minimum absolute atomic E-state index is 0. The number of hydrogen-bond donors (Lipinski definition) is 0. The molecule has 1 aliphatic rings. The first-order valence-electron chi connectivity index (χ1n) is 8.10. The van der Waals surface area contributed by atoms with Crippen LogP contribution in [0.3, 0.4) is 0 Å². The van der Waals surface area contributed by atoms with Gasteiger partial charge in [-0.2, -0.15) is 0 Å². The summed E-state index contributed by atoms with van der Waals surface area (Å²) in [5.41, 5.74) is 3.81. The Morgan fingerprint density at radius 2 is 1.20 bits per heavy atom. The summed E-state index contributed by atoms with van der Waals surface area (Å²) in [6.07, 6.45) is 0. The molecule has 0 aromatic heterocycles. The summed E-state index contributed by atoms with van der Waals surface area (Å²) in [5, 5.41) is 0.777. The predicted molar refractivity (Wildman–Crippen MR) is 114 cm³/mol. The summed E-state index contributed by atoms with van der Waals surface area (Å²) in [6, 6.07) is 16.9. The number of rotatable bonds is 5. The van der Waals surface area contributed by atoms with Gasteiger partial charge in [-0.15, -0.1) is 36.4 Å². The summed E-state index contributed by atoms with van der Waals surface area (Å²) < 4.78 is 0. The Labute approximate surface area is 172 Å². The highest BCUT2D eigenvalue weighted by atomic mass is 35.5. The van der Waals surface area contributed by atoms with Gasteiger partial charge in [-0.3, -0.25) is 9.80 Å². The molecule has 25 heavy (non-hydrogen) atoms. The first kappa shape index (κ1) is 22.6. The molecule has 0 radical (unpaired) electrons. The molecule has 2 nitrogen and oxygen atoms in total. The monoisotopic (exact) mass is 420 g/mol. The molecule has 2 aromatic carbocycles. The molecule has 0 aliphatic carbocycles. The fourth-order valence-electron chi connectivity index (χ4n) is 2.99. The van der Waals surface area contributed by atoms with Crippen molar-refractivity contribution in [2.45, 2.75) is 6.54 Å². The van der Waals surface area contributed by atoms with E-state index in [0.29, 0.717) is 0 Å². The van der Waals surface area contributed by atoms with Gasteiger partial charge in [-0.25, -0.2) is 0 Å². The fourth-order valence-corrected chi connectivity index (χ4v) is 3.36. The Hall–Kier alpha value is -0.480. The molecule has 2 aromatic rings. The van der Waals surface area contributed by atoms with E-state index in [4.69, 9.17) is 23.2 Å². The SMILES string of the molecule is Cl.Cl.ClCCN1CCN(Cc2ccc(-c3ccc(Cl)cc3)cc2)CC1. The molecule has 3 rings (SSSR count). The summed E-state index contributed by atoms with van der Waals surface area (Å²) in [7, 11) is 0. The van der Waals surface area contributed by atoms with E-state index in [1.807, 2.05) is 12.1 Å². The molecule has 138 valence electrons. The lowest BCUT2D eigenvalue weighted by atomic mass is 10.0. The molecule has 6 heteroatoms. The Balaban J connectivity index is 0.00000156. The zero-order valence-electron chi connectivity index (χ0n) is 14.0. The van der Waals surface area contributed by atoms with Crippen LogP contribution in [0.4, 0.5) is 0 Å². The predicted octanol–water partition coefficient (Wildman–Crippen LogP) is 5.21. The zero-order valence-corrected chi connectivity index (χ0v) is 17.2. The van der Waals surface area contributed by atoms with E-state index in [9.17, 15) is 0 Å². The van der Waals surface area contributed by atoms with Crippen LogP contribution in [0.2, 0.25) is 5.02 Å². The lowest BCUT2D eigenvalue weighted by Gasteiger charge is -2.34. The van der Waals surface area contributed by atoms with Crippen LogP contribution < -0.4 is 0 Å². The number of piperazine rings is 1. The van der Waals surface area contributed by atoms with Gasteiger partial charge < -0.3 is 0 Å². The zero-order chi connectivity index (χ0) is 16.1. The van der Waals surface area contributed by atoms with Crippen molar-refractivity contribution in [1.29, 1.82) is 0 Å². The van der Waals surface area contributed by atoms with Crippen LogP contribution >= 0.6 is 48.0 Å². The minimum atomic E-state index is 0. The standard InChI is InChI=1S/C19H22Cl2N2.2ClH/c20-9-10-22-11-13-23(14-12-22)15-16-1-3-17(4-2-16)18-5-7-19(21)8-6-18;;/h1-8H,9-15H2;2*1H. The van der Waals surface area contributed by atoms with Crippen molar-refractivity contribution in [3.05, 3.63) is 59.1 Å². The summed E-state index contributed by atoms with van der Waals surface area (Å²) in [6.45, 7) is 6.51. The van der Waals surface area contributed by atoms with E-state index in [-0.39, 0.29) is 24.8 Å². The summed E-state index contributed by atoms with van der Waals surface area (Å²) in [5.74, 6) is 0.728. The quantitative estimate of drug-likeness (QED) is 0.611. The van der Waals surface area contributed by atoms with Crippen LogP contribution in [0.5, 0.6) is 0 Å². The maximum atomic E-state index is 5.95. The molecule has 0 amide bonds. The third-order valence-electron chi connectivity index (χ3n) is 4.40. The molecule has 1 aliphatic heterocycles. The van der Waals surface area contributed by atoms with Gasteiger partial charge in [0.2, 0.25) is 0 Å². The van der Waals surface area contributed by atoms with Gasteiger partial charge in [-0.1, -0.05) is 48.0 Å². The Morgan fingerprint density at radius 3 is 1.72 bits per heavy atom. The van der Waals surface area contributed by atoms with Crippen molar-refractivity contribution < 1.29 is 0 Å². The molecular formula is C19H24Cl4N2. The lowest BCUT2D eigenvalue weighted by Crippen LogP contribution is -2.46. The van der Waals surface area contributed by atoms with E-state index in [1.165, 1.54) is 16.7 Å². The van der Waals surface area contributed by atoms with Crippen LogP contribution in [0, 0.1) is 0 Å². The van der Waals surface area contributed by atoms with Crippen LogP contribution in [0.1, 0.15) is 5.56 Å². The van der Waals surface area contributed by atoms with E-state index in [1.54, 1.807) is 0 Å². The van der Waals surface area contributed by atoms with Crippen molar-refractivity contribution in [2.75, 3.05) is 38.6 Å². The van der Waals surface area contributed by atoms with Gasteiger partial charge in [0.25, 0.3) is 0 Å². The molecule has 1 saturated heterocycles. The van der Waals surface area contributed by atoms with Crippen molar-refractivity contribution in [3.8, 4) is 11.1 Å². The average molecular weight is 422 g/mol. The molecule has 0 bridgehead atoms. The highest BCUT2D eigenvalue weighted by molar-refractivity contribution is 6.30. The lowest BCUT2D eigenvalue weighted by molar-refractivity contribution is 0.132. The van der Waals surface area contributed by atoms with Crippen molar-refractivity contribution in [2.24, 2.45) is 0 Å². The van der Waals surface area contributed by atoms with Crippen molar-refractivity contribution in [3.63, 3.8) is 0 Å². The van der Waals surface area contributed by atoms with Gasteiger partial charge in [0.15, 0.2) is 0 Å². The number of alkyl halides is 1. The Bertz CT molecular complexity index is 608. The molecule has 1 heterocycles. The first-order valence-corrected chi connectivity index (χ1v) is 9.01. The van der Waals surface area contributed by atoms with Gasteiger partial charge in [-0.05, 0) is 28.8 Å². The molecule has 0 atom stereocenters. The number of halogens is 4. The maximum absolute atomic E-state index is 5.95. The van der Waals surface area contributed by atoms with Gasteiger partial charge in [0.1, 0.15) is 0 Å². The summed E-state index contributed by atoms with van der Waals surface area (Å²) >= 11 is 11.8. The Kier molecular flexibility index (Phi) is 10.2. The van der Waals surface area contributed by atoms with E-state index < -0.39 is 0 Å². The van der Waals surface area contributed by atoms with Crippen LogP contribution in [0.25, 0.3) is 11.1 Å². The fraction of sp³-hybridized carbons (Fsp3) is 0.368. The third-order valence-corrected chi connectivity index (χ3v) is 4.82. The second kappa shape index (κ2) is 11.3. The molecule has 0 N–H and O–H groups in total. The first-order chi connectivity index (χ1) is 11.2. The maximum Gasteiger partial charge on any atom is 0.0406 e. The van der Waals surface area contributed by atoms with Crippen molar-refractivity contribution in [1.82, 2.24) is 9.80 Å². The van der Waals surface area contributed by atoms with E-state index in [0.717, 1.165) is 50.2 Å². The van der Waals surface area contributed by atoms with Crippen LogP contribution in [-0.4, -0.2) is 48.4 Å². The van der Waals surface area contributed by atoms with Crippen molar-refractivity contribution >= 4 is 48.0 Å². The molecule has 0 unspecified atom stereocenters. The number of nitrogens with zero attached hydrogens (tertiary/aromatic N) is 2. The van der Waals surface area contributed by atoms with Gasteiger partial charge >= 0.3 is 0 Å².